The molecule has 0 saturated carbocycles. The van der Waals surface area contributed by atoms with Gasteiger partial charge in [-0.1, -0.05) is 12.1 Å². The highest BCUT2D eigenvalue weighted by Gasteiger charge is 2.35. The maximum absolute atomic E-state index is 13.0. The monoisotopic (exact) mass is 269 g/mol. The summed E-state index contributed by atoms with van der Waals surface area (Å²) in [7, 11) is 0. The van der Waals surface area contributed by atoms with Crippen molar-refractivity contribution in [1.29, 1.82) is 5.41 Å². The molecule has 0 aliphatic carbocycles. The molecule has 7 heteroatoms. The molecule has 19 heavy (non-hydrogen) atoms. The zero-order valence-electron chi connectivity index (χ0n) is 9.61. The maximum Gasteiger partial charge on any atom is 0.418 e. The molecule has 2 rings (SSSR count). The molecule has 0 saturated heterocycles. The van der Waals surface area contributed by atoms with E-state index in [1.54, 1.807) is 0 Å². The molecule has 1 heterocycles. The number of alkyl halides is 3. The quantitative estimate of drug-likeness (QED) is 0.649. The third-order valence-electron chi connectivity index (χ3n) is 2.46. The highest BCUT2D eigenvalue weighted by atomic mass is 19.4. The van der Waals surface area contributed by atoms with E-state index >= 15 is 0 Å². The number of furan rings is 1. The molecule has 0 bridgehead atoms. The lowest BCUT2D eigenvalue weighted by atomic mass is 10.1. The number of halogens is 3. The van der Waals surface area contributed by atoms with Crippen molar-refractivity contribution in [3.8, 4) is 0 Å². The third kappa shape index (κ3) is 2.54. The summed E-state index contributed by atoms with van der Waals surface area (Å²) < 4.78 is 43.7. The van der Waals surface area contributed by atoms with Crippen molar-refractivity contribution in [2.75, 3.05) is 4.90 Å². The van der Waals surface area contributed by atoms with Gasteiger partial charge in [0.15, 0.2) is 5.96 Å². The summed E-state index contributed by atoms with van der Waals surface area (Å²) in [6.07, 6.45) is -2.02. The first-order valence-electron chi connectivity index (χ1n) is 5.24. The van der Waals surface area contributed by atoms with E-state index in [0.717, 1.165) is 11.0 Å². The minimum Gasteiger partial charge on any atom is -0.470 e. The van der Waals surface area contributed by atoms with Crippen molar-refractivity contribution in [1.82, 2.24) is 0 Å². The van der Waals surface area contributed by atoms with Gasteiger partial charge in [-0.2, -0.15) is 13.2 Å². The lowest BCUT2D eigenvalue weighted by Crippen LogP contribution is -2.33. The average Bonchev–Trinajstić information content (AvgIpc) is 2.81. The number of para-hydroxylation sites is 1. The predicted octanol–water partition coefficient (Wildman–Crippen LogP) is 3.33. The highest BCUT2D eigenvalue weighted by Crippen LogP contribution is 2.38. The Morgan fingerprint density at radius 3 is 2.42 bits per heavy atom. The van der Waals surface area contributed by atoms with Crippen molar-refractivity contribution in [2.24, 2.45) is 5.73 Å². The van der Waals surface area contributed by atoms with E-state index in [1.807, 2.05) is 0 Å². The normalized spacial score (nSPS) is 11.3. The van der Waals surface area contributed by atoms with Gasteiger partial charge >= 0.3 is 6.18 Å². The molecule has 0 spiro atoms. The van der Waals surface area contributed by atoms with Gasteiger partial charge in [0.2, 0.25) is 0 Å². The molecule has 4 nitrogen and oxygen atoms in total. The predicted molar refractivity (Wildman–Crippen MR) is 64.2 cm³/mol. The number of nitrogens with two attached hydrogens (primary N) is 1. The van der Waals surface area contributed by atoms with E-state index in [0.29, 0.717) is 0 Å². The van der Waals surface area contributed by atoms with Crippen molar-refractivity contribution in [2.45, 2.75) is 6.18 Å². The van der Waals surface area contributed by atoms with Crippen LogP contribution in [-0.2, 0) is 6.18 Å². The SMILES string of the molecule is N=C(N)N(c1ccoc1)c1ccccc1C(F)(F)F. The van der Waals surface area contributed by atoms with Gasteiger partial charge in [0, 0.05) is 6.07 Å². The number of nitrogens with zero attached hydrogens (tertiary/aromatic N) is 1. The van der Waals surface area contributed by atoms with Crippen LogP contribution in [-0.4, -0.2) is 5.96 Å². The average molecular weight is 269 g/mol. The maximum atomic E-state index is 13.0. The second-order valence-corrected chi connectivity index (χ2v) is 3.72. The summed E-state index contributed by atoms with van der Waals surface area (Å²) in [6, 6.07) is 6.33. The fourth-order valence-corrected chi connectivity index (χ4v) is 1.70. The zero-order chi connectivity index (χ0) is 14.0. The Morgan fingerprint density at radius 2 is 1.89 bits per heavy atom. The lowest BCUT2D eigenvalue weighted by molar-refractivity contribution is -0.137. The summed E-state index contributed by atoms with van der Waals surface area (Å²) >= 11 is 0. The van der Waals surface area contributed by atoms with E-state index in [2.05, 4.69) is 0 Å². The largest absolute Gasteiger partial charge is 0.470 e. The summed E-state index contributed by atoms with van der Waals surface area (Å²) in [4.78, 5) is 0.965. The van der Waals surface area contributed by atoms with Crippen LogP contribution >= 0.6 is 0 Å². The van der Waals surface area contributed by atoms with Gasteiger partial charge in [0.1, 0.15) is 6.26 Å². The molecule has 0 fully saturated rings. The Kier molecular flexibility index (Phi) is 3.20. The van der Waals surface area contributed by atoms with Crippen molar-refractivity contribution in [3.05, 3.63) is 48.4 Å². The van der Waals surface area contributed by atoms with Crippen LogP contribution in [0, 0.1) is 5.41 Å². The molecule has 0 amide bonds. The van der Waals surface area contributed by atoms with E-state index in [4.69, 9.17) is 15.6 Å². The first-order valence-corrected chi connectivity index (χ1v) is 5.24. The molecule has 2 aromatic rings. The van der Waals surface area contributed by atoms with Crippen LogP contribution in [0.5, 0.6) is 0 Å². The zero-order valence-corrected chi connectivity index (χ0v) is 9.61. The summed E-state index contributed by atoms with van der Waals surface area (Å²) in [5, 5.41) is 7.46. The Balaban J connectivity index is 2.59. The van der Waals surface area contributed by atoms with Crippen LogP contribution in [0.4, 0.5) is 24.5 Å². The third-order valence-corrected chi connectivity index (χ3v) is 2.46. The minimum atomic E-state index is -4.53. The van der Waals surface area contributed by atoms with E-state index in [-0.39, 0.29) is 11.4 Å². The van der Waals surface area contributed by atoms with Gasteiger partial charge in [-0.15, -0.1) is 0 Å². The van der Waals surface area contributed by atoms with Gasteiger partial charge < -0.3 is 10.2 Å². The molecule has 1 aromatic carbocycles. The van der Waals surface area contributed by atoms with Gasteiger partial charge in [-0.25, -0.2) is 0 Å². The highest BCUT2D eigenvalue weighted by molar-refractivity contribution is 6.00. The van der Waals surface area contributed by atoms with Crippen LogP contribution in [0.15, 0.2) is 47.3 Å². The van der Waals surface area contributed by atoms with Crippen LogP contribution in [0.3, 0.4) is 0 Å². The number of guanidine groups is 1. The minimum absolute atomic E-state index is 0.219. The number of rotatable bonds is 2. The molecule has 1 aromatic heterocycles. The first-order chi connectivity index (χ1) is 8.91. The molecule has 0 unspecified atom stereocenters. The Bertz CT molecular complexity index is 578. The number of hydrogen-bond donors (Lipinski definition) is 2. The van der Waals surface area contributed by atoms with Gasteiger partial charge in [0.25, 0.3) is 0 Å². The summed E-state index contributed by atoms with van der Waals surface area (Å²) in [5.41, 5.74) is 4.54. The van der Waals surface area contributed by atoms with E-state index in [9.17, 15) is 13.2 Å². The standard InChI is InChI=1S/C12H10F3N3O/c13-12(14,15)9-3-1-2-4-10(9)18(11(16)17)8-5-6-19-7-8/h1-7H,(H3,16,17). The molecule has 0 atom stereocenters. The second-order valence-electron chi connectivity index (χ2n) is 3.72. The molecule has 0 aliphatic rings. The Morgan fingerprint density at radius 1 is 1.21 bits per heavy atom. The van der Waals surface area contributed by atoms with Crippen molar-refractivity contribution < 1.29 is 17.6 Å². The smallest absolute Gasteiger partial charge is 0.418 e. The molecule has 3 N–H and O–H groups in total. The number of benzene rings is 1. The van der Waals surface area contributed by atoms with Gasteiger partial charge in [0.05, 0.1) is 23.2 Å². The van der Waals surface area contributed by atoms with Crippen LogP contribution in [0.25, 0.3) is 0 Å². The van der Waals surface area contributed by atoms with Gasteiger partial charge in [-0.05, 0) is 12.1 Å². The molecular weight excluding hydrogens is 259 g/mol. The van der Waals surface area contributed by atoms with Crippen molar-refractivity contribution >= 4 is 17.3 Å². The van der Waals surface area contributed by atoms with Crippen LogP contribution in [0.1, 0.15) is 5.56 Å². The Hall–Kier alpha value is -2.44. The summed E-state index contributed by atoms with van der Waals surface area (Å²) in [5.74, 6) is -0.530. The van der Waals surface area contributed by atoms with Crippen molar-refractivity contribution in [3.63, 3.8) is 0 Å². The topological polar surface area (TPSA) is 66.2 Å². The Labute approximate surface area is 106 Å². The molecule has 0 aliphatic heterocycles. The second kappa shape index (κ2) is 4.68. The number of anilines is 2. The molecule has 0 radical (unpaired) electrons. The molecule has 100 valence electrons. The van der Waals surface area contributed by atoms with E-state index in [1.165, 1.54) is 36.8 Å². The fraction of sp³-hybridized carbons (Fsp3) is 0.0833. The van der Waals surface area contributed by atoms with Crippen LogP contribution < -0.4 is 10.6 Å². The van der Waals surface area contributed by atoms with Crippen LogP contribution in [0.2, 0.25) is 0 Å². The molecular formula is C12H10F3N3O. The van der Waals surface area contributed by atoms with E-state index < -0.39 is 17.7 Å². The number of hydrogen-bond acceptors (Lipinski definition) is 2. The first kappa shape index (κ1) is 13.0. The summed E-state index contributed by atoms with van der Waals surface area (Å²) in [6.45, 7) is 0. The lowest BCUT2D eigenvalue weighted by Gasteiger charge is -2.24. The number of nitrogens with one attached hydrogen (secondary N) is 1. The van der Waals surface area contributed by atoms with Gasteiger partial charge in [-0.3, -0.25) is 10.3 Å². The fourth-order valence-electron chi connectivity index (χ4n) is 1.70.